The van der Waals surface area contributed by atoms with Crippen LogP contribution in [0.2, 0.25) is 0 Å². The number of hydrogen-bond acceptors (Lipinski definition) is 7. The largest absolute Gasteiger partial charge is 0.487 e. The summed E-state index contributed by atoms with van der Waals surface area (Å²) in [5, 5.41) is 8.23. The average Bonchev–Trinajstić information content (AvgIpc) is 3.29. The molecule has 2 aromatic heterocycles. The minimum Gasteiger partial charge on any atom is -0.487 e. The van der Waals surface area contributed by atoms with Gasteiger partial charge in [0.05, 0.1) is 18.4 Å². The molecule has 25 heavy (non-hydrogen) atoms. The van der Waals surface area contributed by atoms with Gasteiger partial charge in [0, 0.05) is 29.8 Å². The van der Waals surface area contributed by atoms with E-state index in [1.54, 1.807) is 24.0 Å². The van der Waals surface area contributed by atoms with Gasteiger partial charge in [-0.25, -0.2) is 0 Å². The molecule has 0 aliphatic carbocycles. The van der Waals surface area contributed by atoms with Crippen LogP contribution in [0.4, 0.5) is 0 Å². The van der Waals surface area contributed by atoms with Crippen molar-refractivity contribution in [3.05, 3.63) is 52.9 Å². The predicted molar refractivity (Wildman–Crippen MR) is 92.6 cm³/mol. The van der Waals surface area contributed by atoms with Crippen molar-refractivity contribution < 1.29 is 9.53 Å². The van der Waals surface area contributed by atoms with Crippen molar-refractivity contribution in [2.75, 3.05) is 6.54 Å². The van der Waals surface area contributed by atoms with E-state index in [9.17, 15) is 4.79 Å². The lowest BCUT2D eigenvalue weighted by molar-refractivity contribution is 0.0928. The molecule has 1 aliphatic rings. The van der Waals surface area contributed by atoms with Gasteiger partial charge in [0.25, 0.3) is 5.91 Å². The van der Waals surface area contributed by atoms with Crippen molar-refractivity contribution in [1.82, 2.24) is 24.9 Å². The molecule has 0 saturated heterocycles. The van der Waals surface area contributed by atoms with Crippen LogP contribution >= 0.6 is 11.5 Å². The van der Waals surface area contributed by atoms with Gasteiger partial charge in [-0.05, 0) is 35.6 Å². The summed E-state index contributed by atoms with van der Waals surface area (Å²) in [5.74, 6) is 0.583. The Morgan fingerprint density at radius 3 is 3.08 bits per heavy atom. The van der Waals surface area contributed by atoms with Crippen LogP contribution in [0.15, 0.2) is 36.1 Å². The van der Waals surface area contributed by atoms with E-state index in [4.69, 9.17) is 4.74 Å². The summed E-state index contributed by atoms with van der Waals surface area (Å²) in [5.41, 5.74) is 4.30. The Morgan fingerprint density at radius 2 is 2.32 bits per heavy atom. The highest BCUT2D eigenvalue weighted by atomic mass is 32.1. The fourth-order valence-electron chi connectivity index (χ4n) is 2.90. The van der Waals surface area contributed by atoms with Gasteiger partial charge in [-0.2, -0.15) is 0 Å². The summed E-state index contributed by atoms with van der Waals surface area (Å²) >= 11 is 1.15. The molecule has 1 atom stereocenters. The smallest absolute Gasteiger partial charge is 0.272 e. The molecule has 0 saturated carbocycles. The lowest BCUT2D eigenvalue weighted by atomic mass is 10.0. The van der Waals surface area contributed by atoms with E-state index in [-0.39, 0.29) is 12.0 Å². The lowest BCUT2D eigenvalue weighted by Crippen LogP contribution is -2.34. The van der Waals surface area contributed by atoms with Gasteiger partial charge in [0.15, 0.2) is 5.69 Å². The van der Waals surface area contributed by atoms with E-state index in [2.05, 4.69) is 30.9 Å². The van der Waals surface area contributed by atoms with Crippen molar-refractivity contribution in [2.45, 2.75) is 19.4 Å². The number of nitrogens with one attached hydrogen (secondary N) is 1. The zero-order chi connectivity index (χ0) is 17.2. The van der Waals surface area contributed by atoms with Crippen LogP contribution in [0, 0.1) is 6.92 Å². The maximum atomic E-state index is 12.0. The molecule has 126 valence electrons. The third-order valence-electron chi connectivity index (χ3n) is 3.96. The Bertz CT molecular complexity index is 899. The highest BCUT2D eigenvalue weighted by Crippen LogP contribution is 2.38. The Balaban J connectivity index is 1.51. The molecule has 0 spiro atoms. The normalized spacial score (nSPS) is 15.5. The third-order valence-corrected chi connectivity index (χ3v) is 4.47. The second-order valence-electron chi connectivity index (χ2n) is 5.84. The van der Waals surface area contributed by atoms with Gasteiger partial charge >= 0.3 is 0 Å². The number of ether oxygens (including phenoxy) is 1. The summed E-state index contributed by atoms with van der Waals surface area (Å²) in [6, 6.07) is 4.16. The van der Waals surface area contributed by atoms with Gasteiger partial charge in [0.2, 0.25) is 0 Å². The third kappa shape index (κ3) is 3.20. The van der Waals surface area contributed by atoms with Crippen LogP contribution in [-0.4, -0.2) is 38.1 Å². The number of aromatic nitrogens is 4. The van der Waals surface area contributed by atoms with Crippen molar-refractivity contribution in [3.8, 4) is 17.0 Å². The second-order valence-corrected chi connectivity index (χ2v) is 6.45. The van der Waals surface area contributed by atoms with Crippen LogP contribution < -0.4 is 10.1 Å². The number of amides is 1. The highest BCUT2D eigenvalue weighted by Gasteiger charge is 2.27. The first kappa shape index (κ1) is 15.6. The molecule has 0 unspecified atom stereocenters. The molecular formula is C17H15N5O2S. The first-order valence-corrected chi connectivity index (χ1v) is 8.66. The van der Waals surface area contributed by atoms with E-state index in [1.807, 2.05) is 13.0 Å². The first-order valence-electron chi connectivity index (χ1n) is 7.82. The Labute approximate surface area is 148 Å². The molecule has 0 fully saturated rings. The molecule has 4 rings (SSSR count). The van der Waals surface area contributed by atoms with Crippen molar-refractivity contribution >= 4 is 17.4 Å². The maximum Gasteiger partial charge on any atom is 0.272 e. The molecule has 8 heteroatoms. The number of carbonyl (C=O) groups excluding carboxylic acids is 1. The predicted octanol–water partition coefficient (Wildman–Crippen LogP) is 2.04. The summed E-state index contributed by atoms with van der Waals surface area (Å²) in [7, 11) is 0. The highest BCUT2D eigenvalue weighted by molar-refractivity contribution is 7.03. The fourth-order valence-corrected chi connectivity index (χ4v) is 3.33. The van der Waals surface area contributed by atoms with Gasteiger partial charge < -0.3 is 10.1 Å². The molecule has 1 N–H and O–H groups in total. The van der Waals surface area contributed by atoms with Crippen LogP contribution in [0.25, 0.3) is 11.3 Å². The number of nitrogens with zero attached hydrogens (tertiary/aromatic N) is 4. The van der Waals surface area contributed by atoms with Crippen molar-refractivity contribution in [2.24, 2.45) is 0 Å². The SMILES string of the molecule is Cc1cc2c(c(-c3cnccn3)c1)O[C@H](CNC(=O)c1csnn1)C2. The van der Waals surface area contributed by atoms with Crippen LogP contribution in [0.3, 0.4) is 0 Å². The maximum absolute atomic E-state index is 12.0. The number of fused-ring (bicyclic) bond motifs is 1. The zero-order valence-electron chi connectivity index (χ0n) is 13.5. The second kappa shape index (κ2) is 6.56. The van der Waals surface area contributed by atoms with E-state index < -0.39 is 0 Å². The molecule has 1 amide bonds. The van der Waals surface area contributed by atoms with Crippen LogP contribution in [0.5, 0.6) is 5.75 Å². The van der Waals surface area contributed by atoms with Gasteiger partial charge in [0.1, 0.15) is 11.9 Å². The summed E-state index contributed by atoms with van der Waals surface area (Å²) in [6.07, 6.45) is 5.65. The van der Waals surface area contributed by atoms with Crippen LogP contribution in [-0.2, 0) is 6.42 Å². The minimum atomic E-state index is -0.237. The minimum absolute atomic E-state index is 0.122. The van der Waals surface area contributed by atoms with Crippen molar-refractivity contribution in [3.63, 3.8) is 0 Å². The summed E-state index contributed by atoms with van der Waals surface area (Å²) < 4.78 is 9.80. The molecule has 1 aliphatic heterocycles. The van der Waals surface area contributed by atoms with Gasteiger partial charge in [-0.15, -0.1) is 5.10 Å². The monoisotopic (exact) mass is 353 g/mol. The standard InChI is InChI=1S/C17H15N5O2S/c1-10-4-11-6-12(7-20-17(23)15-9-25-22-21-15)24-16(11)13(5-10)14-8-18-2-3-19-14/h2-5,8-9,12H,6-7H2,1H3,(H,20,23)/t12-/m0/s1. The number of rotatable bonds is 4. The Hall–Kier alpha value is -2.87. The van der Waals surface area contributed by atoms with E-state index >= 15 is 0 Å². The quantitative estimate of drug-likeness (QED) is 0.772. The Kier molecular flexibility index (Phi) is 4.10. The average molecular weight is 353 g/mol. The first-order chi connectivity index (χ1) is 12.2. The number of aryl methyl sites for hydroxylation is 1. The van der Waals surface area contributed by atoms with E-state index in [0.717, 1.165) is 46.1 Å². The molecule has 3 heterocycles. The molecule has 0 bridgehead atoms. The number of benzene rings is 1. The zero-order valence-corrected chi connectivity index (χ0v) is 14.3. The lowest BCUT2D eigenvalue weighted by Gasteiger charge is -2.13. The molecule has 1 aromatic carbocycles. The summed E-state index contributed by atoms with van der Waals surface area (Å²) in [4.78, 5) is 20.5. The van der Waals surface area contributed by atoms with E-state index in [0.29, 0.717) is 12.2 Å². The molecular weight excluding hydrogens is 338 g/mol. The molecule has 3 aromatic rings. The Morgan fingerprint density at radius 1 is 1.40 bits per heavy atom. The van der Waals surface area contributed by atoms with Crippen LogP contribution in [0.1, 0.15) is 21.6 Å². The molecule has 7 nitrogen and oxygen atoms in total. The summed E-state index contributed by atoms with van der Waals surface area (Å²) in [6.45, 7) is 2.45. The number of carbonyl (C=O) groups is 1. The van der Waals surface area contributed by atoms with E-state index in [1.165, 1.54) is 0 Å². The fraction of sp³-hybridized carbons (Fsp3) is 0.235. The number of hydrogen-bond donors (Lipinski definition) is 1. The molecule has 0 radical (unpaired) electrons. The van der Waals surface area contributed by atoms with Gasteiger partial charge in [-0.1, -0.05) is 10.6 Å². The topological polar surface area (TPSA) is 89.9 Å². The van der Waals surface area contributed by atoms with Crippen molar-refractivity contribution in [1.29, 1.82) is 0 Å². The van der Waals surface area contributed by atoms with Gasteiger partial charge in [-0.3, -0.25) is 14.8 Å².